The Bertz CT molecular complexity index is 969. The molecular formula is C22H20ClFN2OS. The van der Waals surface area contributed by atoms with Gasteiger partial charge < -0.3 is 4.90 Å². The summed E-state index contributed by atoms with van der Waals surface area (Å²) in [4.78, 5) is 19.4. The first-order chi connectivity index (χ1) is 13.6. The Morgan fingerprint density at radius 3 is 2.68 bits per heavy atom. The second-order valence-corrected chi connectivity index (χ2v) is 8.47. The monoisotopic (exact) mass is 414 g/mol. The molecule has 0 bridgehead atoms. The molecule has 1 aromatic heterocycles. The van der Waals surface area contributed by atoms with Crippen LogP contribution in [0.25, 0.3) is 0 Å². The van der Waals surface area contributed by atoms with Crippen molar-refractivity contribution in [2.45, 2.75) is 38.3 Å². The summed E-state index contributed by atoms with van der Waals surface area (Å²) in [5.74, 6) is -0.186. The molecule has 0 radical (unpaired) electrons. The van der Waals surface area contributed by atoms with E-state index in [9.17, 15) is 9.18 Å². The molecule has 0 N–H and O–H groups in total. The fourth-order valence-corrected chi connectivity index (χ4v) is 4.22. The molecule has 0 unspecified atom stereocenters. The molecule has 0 spiro atoms. The van der Waals surface area contributed by atoms with Crippen molar-refractivity contribution in [3.8, 4) is 0 Å². The van der Waals surface area contributed by atoms with Gasteiger partial charge in [-0.15, -0.1) is 11.3 Å². The van der Waals surface area contributed by atoms with Crippen molar-refractivity contribution in [3.05, 3.63) is 86.6 Å². The Balaban J connectivity index is 1.40. The predicted molar refractivity (Wildman–Crippen MR) is 110 cm³/mol. The molecule has 1 amide bonds. The number of hydrogen-bond donors (Lipinski definition) is 0. The highest BCUT2D eigenvalue weighted by molar-refractivity contribution is 7.09. The van der Waals surface area contributed by atoms with Gasteiger partial charge in [-0.3, -0.25) is 4.79 Å². The minimum Gasteiger partial charge on any atom is -0.335 e. The van der Waals surface area contributed by atoms with Crippen LogP contribution in [0.5, 0.6) is 0 Å². The lowest BCUT2D eigenvalue weighted by Gasteiger charge is -2.22. The first kappa shape index (κ1) is 19.1. The van der Waals surface area contributed by atoms with Gasteiger partial charge in [-0.1, -0.05) is 35.9 Å². The van der Waals surface area contributed by atoms with Crippen LogP contribution < -0.4 is 0 Å². The summed E-state index contributed by atoms with van der Waals surface area (Å²) in [5, 5.41) is 3.65. The van der Waals surface area contributed by atoms with E-state index in [4.69, 9.17) is 11.6 Å². The summed E-state index contributed by atoms with van der Waals surface area (Å²) in [5.41, 5.74) is 2.86. The Morgan fingerprint density at radius 2 is 1.96 bits per heavy atom. The van der Waals surface area contributed by atoms with Crippen LogP contribution in [0.1, 0.15) is 34.7 Å². The standard InChI is InChI=1S/C22H20ClFN2OS/c23-17-3-1-2-16(10-17)11-21-25-19(14-28-21)12-22(27)26(20-8-9-20)13-15-4-6-18(24)7-5-15/h1-7,10,14,20H,8-9,11-13H2. The third-order valence-corrected chi connectivity index (χ3v) is 5.88. The highest BCUT2D eigenvalue weighted by Gasteiger charge is 2.32. The second kappa shape index (κ2) is 8.41. The Morgan fingerprint density at radius 1 is 1.18 bits per heavy atom. The van der Waals surface area contributed by atoms with Gasteiger partial charge in [0.2, 0.25) is 5.91 Å². The van der Waals surface area contributed by atoms with Crippen LogP contribution >= 0.6 is 22.9 Å². The minimum atomic E-state index is -0.261. The molecule has 1 aliphatic carbocycles. The number of benzene rings is 2. The highest BCUT2D eigenvalue weighted by atomic mass is 35.5. The van der Waals surface area contributed by atoms with E-state index >= 15 is 0 Å². The molecule has 0 atom stereocenters. The maximum absolute atomic E-state index is 13.1. The average Bonchev–Trinajstić information content (AvgIpc) is 3.42. The summed E-state index contributed by atoms with van der Waals surface area (Å²) in [6.45, 7) is 0.517. The maximum atomic E-state index is 13.1. The van der Waals surface area contributed by atoms with E-state index in [1.807, 2.05) is 34.5 Å². The molecular weight excluding hydrogens is 395 g/mol. The van der Waals surface area contributed by atoms with E-state index in [-0.39, 0.29) is 11.7 Å². The molecule has 1 heterocycles. The van der Waals surface area contributed by atoms with Gasteiger partial charge >= 0.3 is 0 Å². The molecule has 2 aromatic carbocycles. The van der Waals surface area contributed by atoms with Crippen molar-refractivity contribution in [1.82, 2.24) is 9.88 Å². The summed E-state index contributed by atoms with van der Waals surface area (Å²) < 4.78 is 13.1. The number of aromatic nitrogens is 1. The number of carbonyl (C=O) groups excluding carboxylic acids is 1. The number of hydrogen-bond acceptors (Lipinski definition) is 3. The Labute approximate surface area is 172 Å². The van der Waals surface area contributed by atoms with Crippen molar-refractivity contribution < 1.29 is 9.18 Å². The molecule has 28 heavy (non-hydrogen) atoms. The van der Waals surface area contributed by atoms with E-state index in [0.29, 0.717) is 30.5 Å². The highest BCUT2D eigenvalue weighted by Crippen LogP contribution is 2.29. The van der Waals surface area contributed by atoms with Crippen molar-refractivity contribution in [2.75, 3.05) is 0 Å². The van der Waals surface area contributed by atoms with Crippen LogP contribution in [0.4, 0.5) is 4.39 Å². The first-order valence-electron chi connectivity index (χ1n) is 9.28. The summed E-state index contributed by atoms with van der Waals surface area (Å²) in [7, 11) is 0. The van der Waals surface area contributed by atoms with Crippen LogP contribution in [-0.4, -0.2) is 21.8 Å². The van der Waals surface area contributed by atoms with Gasteiger partial charge in [0.05, 0.1) is 17.1 Å². The molecule has 144 valence electrons. The third-order valence-electron chi connectivity index (χ3n) is 4.75. The van der Waals surface area contributed by atoms with Gasteiger partial charge in [-0.25, -0.2) is 9.37 Å². The average molecular weight is 415 g/mol. The Kier molecular flexibility index (Phi) is 5.74. The normalized spacial score (nSPS) is 13.5. The molecule has 0 aliphatic heterocycles. The number of amides is 1. The summed E-state index contributed by atoms with van der Waals surface area (Å²) in [6.07, 6.45) is 3.07. The van der Waals surface area contributed by atoms with E-state index in [1.54, 1.807) is 23.5 Å². The molecule has 3 nitrogen and oxygen atoms in total. The number of carbonyl (C=O) groups is 1. The zero-order chi connectivity index (χ0) is 19.5. The van der Waals surface area contributed by atoms with Crippen molar-refractivity contribution in [2.24, 2.45) is 0 Å². The van der Waals surface area contributed by atoms with Crippen molar-refractivity contribution >= 4 is 28.8 Å². The number of thiazole rings is 1. The predicted octanol–water partition coefficient (Wildman–Crippen LogP) is 5.26. The van der Waals surface area contributed by atoms with Crippen LogP contribution in [0.2, 0.25) is 5.02 Å². The van der Waals surface area contributed by atoms with E-state index in [2.05, 4.69) is 4.98 Å². The topological polar surface area (TPSA) is 33.2 Å². The van der Waals surface area contributed by atoms with Gasteiger partial charge in [0, 0.05) is 29.4 Å². The largest absolute Gasteiger partial charge is 0.335 e. The van der Waals surface area contributed by atoms with Crippen LogP contribution in [0.15, 0.2) is 53.9 Å². The lowest BCUT2D eigenvalue weighted by atomic mass is 10.1. The lowest BCUT2D eigenvalue weighted by Crippen LogP contribution is -2.33. The van der Waals surface area contributed by atoms with Crippen molar-refractivity contribution in [3.63, 3.8) is 0 Å². The number of rotatable bonds is 7. The molecule has 1 saturated carbocycles. The van der Waals surface area contributed by atoms with Gasteiger partial charge in [0.15, 0.2) is 0 Å². The smallest absolute Gasteiger partial charge is 0.229 e. The molecule has 1 fully saturated rings. The quantitative estimate of drug-likeness (QED) is 0.528. The van der Waals surface area contributed by atoms with Crippen LogP contribution in [-0.2, 0) is 24.2 Å². The summed E-state index contributed by atoms with van der Waals surface area (Å²) in [6, 6.07) is 14.4. The van der Waals surface area contributed by atoms with Crippen LogP contribution in [0.3, 0.4) is 0 Å². The lowest BCUT2D eigenvalue weighted by molar-refractivity contribution is -0.131. The van der Waals surface area contributed by atoms with E-state index in [0.717, 1.165) is 34.7 Å². The molecule has 1 aliphatic rings. The SMILES string of the molecule is O=C(Cc1csc(Cc2cccc(Cl)c2)n1)N(Cc1ccc(F)cc1)C1CC1. The van der Waals surface area contributed by atoms with Gasteiger partial charge in [-0.2, -0.15) is 0 Å². The molecule has 4 rings (SSSR count). The molecule has 6 heteroatoms. The second-order valence-electron chi connectivity index (χ2n) is 7.10. The van der Waals surface area contributed by atoms with E-state index < -0.39 is 0 Å². The first-order valence-corrected chi connectivity index (χ1v) is 10.5. The van der Waals surface area contributed by atoms with Crippen LogP contribution in [0, 0.1) is 5.82 Å². The number of halogens is 2. The molecule has 0 saturated heterocycles. The van der Waals surface area contributed by atoms with Gasteiger partial charge in [-0.05, 0) is 48.2 Å². The molecule has 3 aromatic rings. The summed E-state index contributed by atoms with van der Waals surface area (Å²) >= 11 is 7.61. The fraction of sp³-hybridized carbons (Fsp3) is 0.273. The van der Waals surface area contributed by atoms with Gasteiger partial charge in [0.25, 0.3) is 0 Å². The Hall–Kier alpha value is -2.24. The maximum Gasteiger partial charge on any atom is 0.229 e. The number of nitrogens with zero attached hydrogens (tertiary/aromatic N) is 2. The van der Waals surface area contributed by atoms with Crippen molar-refractivity contribution in [1.29, 1.82) is 0 Å². The fourth-order valence-electron chi connectivity index (χ4n) is 3.18. The zero-order valence-corrected chi connectivity index (χ0v) is 16.8. The minimum absolute atomic E-state index is 0.0754. The zero-order valence-electron chi connectivity index (χ0n) is 15.3. The van der Waals surface area contributed by atoms with E-state index in [1.165, 1.54) is 12.1 Å². The van der Waals surface area contributed by atoms with Gasteiger partial charge in [0.1, 0.15) is 5.82 Å². The third kappa shape index (κ3) is 4.97.